The van der Waals surface area contributed by atoms with Crippen molar-refractivity contribution in [3.63, 3.8) is 0 Å². The summed E-state index contributed by atoms with van der Waals surface area (Å²) in [6.07, 6.45) is 1.39. The SMILES string of the molecule is Cc1ccc(N2C(=O)c3ccccc3C2=O)c(C(=O)N=S(C)(=O)c2ccccc2)c1. The van der Waals surface area contributed by atoms with Crippen molar-refractivity contribution in [2.24, 2.45) is 4.36 Å². The lowest BCUT2D eigenvalue weighted by molar-refractivity contribution is 0.0926. The first kappa shape index (κ1) is 19.7. The van der Waals surface area contributed by atoms with Gasteiger partial charge >= 0.3 is 0 Å². The van der Waals surface area contributed by atoms with E-state index in [1.165, 1.54) is 6.26 Å². The van der Waals surface area contributed by atoms with Crippen LogP contribution in [0.1, 0.15) is 36.6 Å². The zero-order valence-electron chi connectivity index (χ0n) is 16.4. The molecule has 4 rings (SSSR count). The molecule has 0 aliphatic carbocycles. The molecule has 1 unspecified atom stereocenters. The Bertz CT molecular complexity index is 1290. The van der Waals surface area contributed by atoms with E-state index < -0.39 is 27.5 Å². The summed E-state index contributed by atoms with van der Waals surface area (Å²) in [6, 6.07) is 19.8. The highest BCUT2D eigenvalue weighted by molar-refractivity contribution is 7.93. The number of amides is 3. The Hall–Kier alpha value is -3.58. The van der Waals surface area contributed by atoms with Gasteiger partial charge in [-0.05, 0) is 43.3 Å². The fourth-order valence-electron chi connectivity index (χ4n) is 3.36. The third-order valence-corrected chi connectivity index (χ3v) is 6.52. The van der Waals surface area contributed by atoms with Crippen LogP contribution in [0.15, 0.2) is 82.1 Å². The highest BCUT2D eigenvalue weighted by Crippen LogP contribution is 2.32. The van der Waals surface area contributed by atoms with E-state index in [4.69, 9.17) is 0 Å². The molecular weight excluding hydrogens is 400 g/mol. The summed E-state index contributed by atoms with van der Waals surface area (Å²) in [4.78, 5) is 40.2. The van der Waals surface area contributed by atoms with Crippen LogP contribution in [-0.2, 0) is 9.73 Å². The molecule has 1 aliphatic heterocycles. The van der Waals surface area contributed by atoms with Crippen LogP contribution in [0.2, 0.25) is 0 Å². The Labute approximate surface area is 174 Å². The van der Waals surface area contributed by atoms with Crippen LogP contribution in [-0.4, -0.2) is 28.2 Å². The molecule has 30 heavy (non-hydrogen) atoms. The average Bonchev–Trinajstić information content (AvgIpc) is 2.99. The fourth-order valence-corrected chi connectivity index (χ4v) is 4.54. The highest BCUT2D eigenvalue weighted by atomic mass is 32.2. The van der Waals surface area contributed by atoms with Crippen molar-refractivity contribution >= 4 is 33.1 Å². The molecule has 1 atom stereocenters. The number of benzene rings is 3. The normalized spacial score (nSPS) is 14.9. The molecule has 0 bridgehead atoms. The maximum absolute atomic E-state index is 13.1. The third kappa shape index (κ3) is 3.33. The van der Waals surface area contributed by atoms with E-state index in [1.54, 1.807) is 79.7 Å². The molecule has 7 heteroatoms. The molecule has 0 spiro atoms. The summed E-state index contributed by atoms with van der Waals surface area (Å²) in [5, 5.41) is 0. The maximum atomic E-state index is 13.1. The standard InChI is InChI=1S/C23H18N2O4S/c1-15-12-13-20(25-22(27)17-10-6-7-11-18(17)23(25)28)19(14-15)21(26)24-30(2,29)16-8-4-3-5-9-16/h3-14H,1-2H3. The van der Waals surface area contributed by atoms with Gasteiger partial charge in [0.15, 0.2) is 0 Å². The van der Waals surface area contributed by atoms with Crippen LogP contribution >= 0.6 is 0 Å². The fraction of sp³-hybridized carbons (Fsp3) is 0.0870. The van der Waals surface area contributed by atoms with Crippen LogP contribution in [0, 0.1) is 6.92 Å². The number of imide groups is 1. The molecule has 0 saturated heterocycles. The summed E-state index contributed by atoms with van der Waals surface area (Å²) in [5.41, 5.74) is 1.49. The number of rotatable bonds is 3. The molecule has 6 nitrogen and oxygen atoms in total. The predicted molar refractivity (Wildman–Crippen MR) is 114 cm³/mol. The lowest BCUT2D eigenvalue weighted by Gasteiger charge is -2.17. The summed E-state index contributed by atoms with van der Waals surface area (Å²) >= 11 is 0. The highest BCUT2D eigenvalue weighted by Gasteiger charge is 2.38. The average molecular weight is 418 g/mol. The van der Waals surface area contributed by atoms with E-state index in [9.17, 15) is 18.6 Å². The number of aryl methyl sites for hydroxylation is 1. The lowest BCUT2D eigenvalue weighted by atomic mass is 10.1. The molecule has 150 valence electrons. The Kier molecular flexibility index (Phi) is 4.83. The summed E-state index contributed by atoms with van der Waals surface area (Å²) in [5.74, 6) is -1.76. The van der Waals surface area contributed by atoms with Crippen LogP contribution in [0.4, 0.5) is 5.69 Å². The molecule has 0 saturated carbocycles. The number of hydrogen-bond donors (Lipinski definition) is 0. The van der Waals surface area contributed by atoms with Crippen molar-refractivity contribution in [1.82, 2.24) is 0 Å². The smallest absolute Gasteiger partial charge is 0.268 e. The van der Waals surface area contributed by atoms with Crippen molar-refractivity contribution in [2.45, 2.75) is 11.8 Å². The van der Waals surface area contributed by atoms with Crippen molar-refractivity contribution in [1.29, 1.82) is 0 Å². The van der Waals surface area contributed by atoms with Gasteiger partial charge in [-0.3, -0.25) is 14.4 Å². The van der Waals surface area contributed by atoms with Gasteiger partial charge < -0.3 is 0 Å². The van der Waals surface area contributed by atoms with E-state index in [0.717, 1.165) is 10.5 Å². The Balaban J connectivity index is 1.82. The Morgan fingerprint density at radius 2 is 1.43 bits per heavy atom. The molecule has 3 aromatic rings. The van der Waals surface area contributed by atoms with Gasteiger partial charge in [0.2, 0.25) is 0 Å². The number of hydrogen-bond acceptors (Lipinski definition) is 4. The molecule has 3 amide bonds. The minimum atomic E-state index is -3.00. The molecule has 0 fully saturated rings. The van der Waals surface area contributed by atoms with Gasteiger partial charge in [0.25, 0.3) is 17.7 Å². The monoisotopic (exact) mass is 418 g/mol. The second-order valence-corrected chi connectivity index (χ2v) is 9.28. The van der Waals surface area contributed by atoms with Crippen molar-refractivity contribution in [3.8, 4) is 0 Å². The van der Waals surface area contributed by atoms with Crippen molar-refractivity contribution < 1.29 is 18.6 Å². The second-order valence-electron chi connectivity index (χ2n) is 7.02. The number of nitrogens with zero attached hydrogens (tertiary/aromatic N) is 2. The van der Waals surface area contributed by atoms with Gasteiger partial charge in [-0.15, -0.1) is 0 Å². The van der Waals surface area contributed by atoms with E-state index >= 15 is 0 Å². The van der Waals surface area contributed by atoms with Crippen molar-refractivity contribution in [2.75, 3.05) is 11.2 Å². The predicted octanol–water partition coefficient (Wildman–Crippen LogP) is 4.09. The molecule has 0 radical (unpaired) electrons. The van der Waals surface area contributed by atoms with Gasteiger partial charge in [0.1, 0.15) is 0 Å². The number of anilines is 1. The molecule has 1 aliphatic rings. The molecule has 3 aromatic carbocycles. The number of carbonyl (C=O) groups is 3. The van der Waals surface area contributed by atoms with Crippen LogP contribution in [0.5, 0.6) is 0 Å². The Morgan fingerprint density at radius 3 is 2.03 bits per heavy atom. The van der Waals surface area contributed by atoms with E-state index in [2.05, 4.69) is 4.36 Å². The molecule has 1 heterocycles. The van der Waals surface area contributed by atoms with Gasteiger partial charge in [-0.1, -0.05) is 42.0 Å². The van der Waals surface area contributed by atoms with Gasteiger partial charge in [-0.2, -0.15) is 4.36 Å². The maximum Gasteiger partial charge on any atom is 0.287 e. The second kappa shape index (κ2) is 7.35. The molecular formula is C23H18N2O4S. The van der Waals surface area contributed by atoms with Crippen LogP contribution < -0.4 is 4.90 Å². The van der Waals surface area contributed by atoms with E-state index in [0.29, 0.717) is 4.90 Å². The first-order valence-electron chi connectivity index (χ1n) is 9.19. The topological polar surface area (TPSA) is 83.9 Å². The minimum Gasteiger partial charge on any atom is -0.268 e. The van der Waals surface area contributed by atoms with Crippen LogP contribution in [0.25, 0.3) is 0 Å². The zero-order chi connectivity index (χ0) is 21.5. The molecule has 0 aromatic heterocycles. The Morgan fingerprint density at radius 1 is 0.867 bits per heavy atom. The van der Waals surface area contributed by atoms with Gasteiger partial charge in [0, 0.05) is 11.2 Å². The molecule has 0 N–H and O–H groups in total. The number of carbonyl (C=O) groups excluding carboxylic acids is 3. The largest absolute Gasteiger partial charge is 0.287 e. The summed E-state index contributed by atoms with van der Waals surface area (Å²) in [7, 11) is -3.00. The van der Waals surface area contributed by atoms with E-state index in [-0.39, 0.29) is 22.4 Å². The minimum absolute atomic E-state index is 0.0509. The summed E-state index contributed by atoms with van der Waals surface area (Å²) < 4.78 is 17.0. The summed E-state index contributed by atoms with van der Waals surface area (Å²) in [6.45, 7) is 1.78. The van der Waals surface area contributed by atoms with Gasteiger partial charge in [-0.25, -0.2) is 9.11 Å². The lowest BCUT2D eigenvalue weighted by Crippen LogP contribution is -2.31. The zero-order valence-corrected chi connectivity index (χ0v) is 17.2. The first-order valence-corrected chi connectivity index (χ1v) is 11.1. The third-order valence-electron chi connectivity index (χ3n) is 4.86. The first-order chi connectivity index (χ1) is 14.3. The van der Waals surface area contributed by atoms with Gasteiger partial charge in [0.05, 0.1) is 32.1 Å². The van der Waals surface area contributed by atoms with E-state index in [1.807, 2.05) is 0 Å². The quantitative estimate of drug-likeness (QED) is 0.600. The number of fused-ring (bicyclic) bond motifs is 1. The van der Waals surface area contributed by atoms with Crippen molar-refractivity contribution in [3.05, 3.63) is 95.1 Å². The van der Waals surface area contributed by atoms with Crippen LogP contribution in [0.3, 0.4) is 0 Å².